The number of benzene rings is 2. The standard InChI is InChI=1S/C20H24N2O4/c1-13(2)21-19(23)12-26-17-9-8-15(11-18(17)25-4)20(24)22-16-7-5-6-14(3)10-16/h5-11,13H,12H2,1-4H3,(H,21,23)(H,22,24). The van der Waals surface area contributed by atoms with Crippen LogP contribution in [0.5, 0.6) is 11.5 Å². The van der Waals surface area contributed by atoms with Crippen LogP contribution < -0.4 is 20.1 Å². The van der Waals surface area contributed by atoms with E-state index in [4.69, 9.17) is 9.47 Å². The minimum atomic E-state index is -0.252. The van der Waals surface area contributed by atoms with E-state index in [1.54, 1.807) is 18.2 Å². The normalized spacial score (nSPS) is 10.3. The quantitative estimate of drug-likeness (QED) is 0.799. The molecule has 138 valence electrons. The van der Waals surface area contributed by atoms with Crippen LogP contribution in [-0.2, 0) is 4.79 Å². The first-order chi connectivity index (χ1) is 12.4. The van der Waals surface area contributed by atoms with Crippen molar-refractivity contribution in [1.82, 2.24) is 5.32 Å². The molecule has 2 aromatic carbocycles. The van der Waals surface area contributed by atoms with Crippen molar-refractivity contribution in [2.75, 3.05) is 19.0 Å². The molecule has 0 spiro atoms. The maximum Gasteiger partial charge on any atom is 0.258 e. The van der Waals surface area contributed by atoms with Gasteiger partial charge in [-0.2, -0.15) is 0 Å². The van der Waals surface area contributed by atoms with Crippen LogP contribution in [0.3, 0.4) is 0 Å². The number of nitrogens with one attached hydrogen (secondary N) is 2. The van der Waals surface area contributed by atoms with E-state index in [0.29, 0.717) is 17.1 Å². The number of amides is 2. The van der Waals surface area contributed by atoms with Crippen molar-refractivity contribution in [2.45, 2.75) is 26.8 Å². The fourth-order valence-corrected chi connectivity index (χ4v) is 2.36. The molecular weight excluding hydrogens is 332 g/mol. The summed E-state index contributed by atoms with van der Waals surface area (Å²) in [5, 5.41) is 5.59. The summed E-state index contributed by atoms with van der Waals surface area (Å²) in [5.74, 6) is 0.319. The summed E-state index contributed by atoms with van der Waals surface area (Å²) in [6, 6.07) is 12.4. The van der Waals surface area contributed by atoms with Crippen molar-refractivity contribution in [2.24, 2.45) is 0 Å². The van der Waals surface area contributed by atoms with Gasteiger partial charge < -0.3 is 20.1 Å². The first-order valence-corrected chi connectivity index (χ1v) is 8.37. The van der Waals surface area contributed by atoms with E-state index in [1.807, 2.05) is 45.0 Å². The lowest BCUT2D eigenvalue weighted by Gasteiger charge is -2.13. The molecule has 2 N–H and O–H groups in total. The van der Waals surface area contributed by atoms with Crippen LogP contribution in [0.15, 0.2) is 42.5 Å². The Morgan fingerprint density at radius 2 is 1.85 bits per heavy atom. The van der Waals surface area contributed by atoms with E-state index in [9.17, 15) is 9.59 Å². The van der Waals surface area contributed by atoms with Crippen molar-refractivity contribution in [3.05, 3.63) is 53.6 Å². The molecule has 0 unspecified atom stereocenters. The molecule has 0 fully saturated rings. The number of hydrogen-bond donors (Lipinski definition) is 2. The van der Waals surface area contributed by atoms with E-state index in [1.165, 1.54) is 7.11 Å². The molecule has 0 atom stereocenters. The molecule has 2 aromatic rings. The Bertz CT molecular complexity index is 787. The van der Waals surface area contributed by atoms with Crippen LogP contribution in [0.25, 0.3) is 0 Å². The van der Waals surface area contributed by atoms with Gasteiger partial charge in [0.25, 0.3) is 11.8 Å². The minimum Gasteiger partial charge on any atom is -0.493 e. The summed E-state index contributed by atoms with van der Waals surface area (Å²) in [5.41, 5.74) is 2.21. The van der Waals surface area contributed by atoms with Crippen LogP contribution >= 0.6 is 0 Å². The number of methoxy groups -OCH3 is 1. The Hall–Kier alpha value is -3.02. The molecule has 0 saturated carbocycles. The highest BCUT2D eigenvalue weighted by Crippen LogP contribution is 2.28. The highest BCUT2D eigenvalue weighted by Gasteiger charge is 2.13. The lowest BCUT2D eigenvalue weighted by atomic mass is 10.1. The lowest BCUT2D eigenvalue weighted by molar-refractivity contribution is -0.123. The van der Waals surface area contributed by atoms with E-state index >= 15 is 0 Å². The van der Waals surface area contributed by atoms with Gasteiger partial charge in [0.05, 0.1) is 7.11 Å². The number of ether oxygens (including phenoxy) is 2. The monoisotopic (exact) mass is 356 g/mol. The molecule has 0 aliphatic heterocycles. The number of anilines is 1. The smallest absolute Gasteiger partial charge is 0.258 e. The molecule has 0 aliphatic carbocycles. The Balaban J connectivity index is 2.07. The predicted octanol–water partition coefficient (Wildman–Crippen LogP) is 3.16. The molecule has 0 aliphatic rings. The van der Waals surface area contributed by atoms with Gasteiger partial charge in [-0.15, -0.1) is 0 Å². The molecule has 26 heavy (non-hydrogen) atoms. The van der Waals surface area contributed by atoms with Gasteiger partial charge >= 0.3 is 0 Å². The summed E-state index contributed by atoms with van der Waals surface area (Å²) < 4.78 is 10.8. The summed E-state index contributed by atoms with van der Waals surface area (Å²) in [6.45, 7) is 5.59. The predicted molar refractivity (Wildman–Crippen MR) is 101 cm³/mol. The number of carbonyl (C=O) groups is 2. The summed E-state index contributed by atoms with van der Waals surface area (Å²) in [6.07, 6.45) is 0. The maximum atomic E-state index is 12.4. The molecule has 0 aromatic heterocycles. The van der Waals surface area contributed by atoms with Crippen LogP contribution in [0, 0.1) is 6.92 Å². The second-order valence-electron chi connectivity index (χ2n) is 6.20. The zero-order valence-corrected chi connectivity index (χ0v) is 15.5. The molecule has 0 radical (unpaired) electrons. The highest BCUT2D eigenvalue weighted by molar-refractivity contribution is 6.04. The first kappa shape index (κ1) is 19.3. The lowest BCUT2D eigenvalue weighted by Crippen LogP contribution is -2.34. The zero-order chi connectivity index (χ0) is 19.1. The van der Waals surface area contributed by atoms with E-state index < -0.39 is 0 Å². The van der Waals surface area contributed by atoms with Crippen molar-refractivity contribution in [3.63, 3.8) is 0 Å². The van der Waals surface area contributed by atoms with Gasteiger partial charge in [-0.3, -0.25) is 9.59 Å². The minimum absolute atomic E-state index is 0.0423. The van der Waals surface area contributed by atoms with Crippen molar-refractivity contribution in [1.29, 1.82) is 0 Å². The SMILES string of the molecule is COc1cc(C(=O)Nc2cccc(C)c2)ccc1OCC(=O)NC(C)C. The summed E-state index contributed by atoms with van der Waals surface area (Å²) >= 11 is 0. The van der Waals surface area contributed by atoms with Gasteiger partial charge in [0.1, 0.15) is 0 Å². The highest BCUT2D eigenvalue weighted by atomic mass is 16.5. The summed E-state index contributed by atoms with van der Waals surface area (Å²) in [7, 11) is 1.48. The molecule has 2 rings (SSSR count). The van der Waals surface area contributed by atoms with E-state index in [0.717, 1.165) is 11.3 Å². The Morgan fingerprint density at radius 1 is 1.08 bits per heavy atom. The first-order valence-electron chi connectivity index (χ1n) is 8.37. The molecule has 2 amide bonds. The largest absolute Gasteiger partial charge is 0.493 e. The molecule has 6 heteroatoms. The van der Waals surface area contributed by atoms with Crippen molar-refractivity contribution >= 4 is 17.5 Å². The van der Waals surface area contributed by atoms with E-state index in [-0.39, 0.29) is 24.5 Å². The Morgan fingerprint density at radius 3 is 2.50 bits per heavy atom. The third-order valence-corrected chi connectivity index (χ3v) is 3.51. The van der Waals surface area contributed by atoms with E-state index in [2.05, 4.69) is 10.6 Å². The molecular formula is C20H24N2O4. The number of carbonyl (C=O) groups excluding carboxylic acids is 2. The van der Waals surface area contributed by atoms with Crippen LogP contribution in [0.2, 0.25) is 0 Å². The third kappa shape index (κ3) is 5.51. The fourth-order valence-electron chi connectivity index (χ4n) is 2.36. The molecule has 0 saturated heterocycles. The number of rotatable bonds is 7. The van der Waals surface area contributed by atoms with Crippen LogP contribution in [-0.4, -0.2) is 31.6 Å². The number of aryl methyl sites for hydroxylation is 1. The second-order valence-corrected chi connectivity index (χ2v) is 6.20. The zero-order valence-electron chi connectivity index (χ0n) is 15.5. The van der Waals surface area contributed by atoms with Gasteiger partial charge in [-0.25, -0.2) is 0 Å². The molecule has 0 heterocycles. The second kappa shape index (κ2) is 8.89. The van der Waals surface area contributed by atoms with Crippen molar-refractivity contribution < 1.29 is 19.1 Å². The summed E-state index contributed by atoms with van der Waals surface area (Å²) in [4.78, 5) is 24.1. The van der Waals surface area contributed by atoms with Gasteiger partial charge in [-0.05, 0) is 56.7 Å². The fraction of sp³-hybridized carbons (Fsp3) is 0.300. The average Bonchev–Trinajstić information content (AvgIpc) is 2.59. The van der Waals surface area contributed by atoms with Gasteiger partial charge in [-0.1, -0.05) is 12.1 Å². The Labute approximate surface area is 153 Å². The maximum absolute atomic E-state index is 12.4. The molecule has 6 nitrogen and oxygen atoms in total. The average molecular weight is 356 g/mol. The van der Waals surface area contributed by atoms with Gasteiger partial charge in [0.2, 0.25) is 0 Å². The number of hydrogen-bond acceptors (Lipinski definition) is 4. The topological polar surface area (TPSA) is 76.7 Å². The van der Waals surface area contributed by atoms with Gasteiger partial charge in [0, 0.05) is 17.3 Å². The molecule has 0 bridgehead atoms. The third-order valence-electron chi connectivity index (χ3n) is 3.51. The van der Waals surface area contributed by atoms with Crippen molar-refractivity contribution in [3.8, 4) is 11.5 Å². The Kier molecular flexibility index (Phi) is 6.60. The van der Waals surface area contributed by atoms with Gasteiger partial charge in [0.15, 0.2) is 18.1 Å². The van der Waals surface area contributed by atoms with Crippen LogP contribution in [0.1, 0.15) is 29.8 Å². The van der Waals surface area contributed by atoms with Crippen LogP contribution in [0.4, 0.5) is 5.69 Å².